The summed E-state index contributed by atoms with van der Waals surface area (Å²) in [5.74, 6) is 1.92. The first-order chi connectivity index (χ1) is 7.13. The quantitative estimate of drug-likeness (QED) is 0.798. The van der Waals surface area contributed by atoms with Crippen molar-refractivity contribution in [1.29, 1.82) is 0 Å². The van der Waals surface area contributed by atoms with Crippen molar-refractivity contribution < 1.29 is 0 Å². The van der Waals surface area contributed by atoms with Gasteiger partial charge in [-0.1, -0.05) is 38.5 Å². The van der Waals surface area contributed by atoms with Crippen molar-refractivity contribution in [3.63, 3.8) is 0 Å². The van der Waals surface area contributed by atoms with Gasteiger partial charge in [-0.25, -0.2) is 0 Å². The first kappa shape index (κ1) is 12.9. The summed E-state index contributed by atoms with van der Waals surface area (Å²) in [5, 5.41) is 4.67. The van der Waals surface area contributed by atoms with Gasteiger partial charge in [-0.05, 0) is 26.2 Å². The van der Waals surface area contributed by atoms with Gasteiger partial charge in [0.05, 0.1) is 6.04 Å². The van der Waals surface area contributed by atoms with E-state index < -0.39 is 0 Å². The minimum Gasteiger partial charge on any atom is -0.362 e. The number of thioether (sulfide) groups is 1. The maximum Gasteiger partial charge on any atom is 0.157 e. The Kier molecular flexibility index (Phi) is 5.51. The van der Waals surface area contributed by atoms with Crippen molar-refractivity contribution in [3.05, 3.63) is 0 Å². The molecule has 0 radical (unpaired) electrons. The molecule has 3 heteroatoms. The largest absolute Gasteiger partial charge is 0.362 e. The number of hydrogen-bond donors (Lipinski definition) is 1. The van der Waals surface area contributed by atoms with Gasteiger partial charge in [-0.2, -0.15) is 0 Å². The average Bonchev–Trinajstić information content (AvgIpc) is 2.20. The van der Waals surface area contributed by atoms with E-state index in [1.165, 1.54) is 25.0 Å². The van der Waals surface area contributed by atoms with Crippen LogP contribution in [0.15, 0.2) is 4.99 Å². The molecule has 0 spiro atoms. The number of nitrogens with one attached hydrogen (secondary N) is 1. The lowest BCUT2D eigenvalue weighted by Crippen LogP contribution is -2.35. The molecule has 3 atom stereocenters. The minimum absolute atomic E-state index is 0.479. The number of hydrogen-bond acceptors (Lipinski definition) is 3. The smallest absolute Gasteiger partial charge is 0.157 e. The summed E-state index contributed by atoms with van der Waals surface area (Å²) in [6.07, 6.45) is 3.83. The molecule has 0 fully saturated rings. The zero-order valence-electron chi connectivity index (χ0n) is 10.4. The van der Waals surface area contributed by atoms with Gasteiger partial charge >= 0.3 is 0 Å². The summed E-state index contributed by atoms with van der Waals surface area (Å²) in [5.41, 5.74) is 0. The van der Waals surface area contributed by atoms with Crippen LogP contribution >= 0.6 is 11.8 Å². The van der Waals surface area contributed by atoms with E-state index in [0.29, 0.717) is 18.0 Å². The molecule has 88 valence electrons. The Labute approximate surface area is 98.3 Å². The second-order valence-electron chi connectivity index (χ2n) is 4.65. The Bertz CT molecular complexity index is 216. The van der Waals surface area contributed by atoms with Gasteiger partial charge in [-0.3, -0.25) is 4.99 Å². The Morgan fingerprint density at radius 1 is 1.53 bits per heavy atom. The van der Waals surface area contributed by atoms with E-state index in [0.717, 1.165) is 5.17 Å². The van der Waals surface area contributed by atoms with E-state index in [1.54, 1.807) is 0 Å². The van der Waals surface area contributed by atoms with E-state index >= 15 is 0 Å². The molecule has 0 aromatic rings. The Hall–Kier alpha value is -0.180. The molecular formula is C12H24N2S. The Balaban J connectivity index is 2.35. The third-order valence-electron chi connectivity index (χ3n) is 2.99. The number of aliphatic imine (C=N–C) groups is 1. The van der Waals surface area contributed by atoms with Gasteiger partial charge in [-0.15, -0.1) is 0 Å². The highest BCUT2D eigenvalue weighted by molar-refractivity contribution is 8.13. The molecule has 0 saturated carbocycles. The first-order valence-corrected chi connectivity index (χ1v) is 7.09. The van der Waals surface area contributed by atoms with Gasteiger partial charge in [0.15, 0.2) is 5.17 Å². The van der Waals surface area contributed by atoms with Crippen molar-refractivity contribution in [2.45, 2.75) is 59.0 Å². The Morgan fingerprint density at radius 2 is 2.27 bits per heavy atom. The highest BCUT2D eigenvalue weighted by Gasteiger charge is 2.19. The first-order valence-electron chi connectivity index (χ1n) is 6.10. The fourth-order valence-electron chi connectivity index (χ4n) is 1.57. The molecule has 1 aliphatic rings. The van der Waals surface area contributed by atoms with Crippen molar-refractivity contribution in [2.24, 2.45) is 10.9 Å². The minimum atomic E-state index is 0.479. The van der Waals surface area contributed by atoms with Crippen LogP contribution in [0.25, 0.3) is 0 Å². The molecule has 0 aromatic carbocycles. The normalized spacial score (nSPS) is 28.4. The van der Waals surface area contributed by atoms with E-state index in [4.69, 9.17) is 0 Å². The van der Waals surface area contributed by atoms with Crippen molar-refractivity contribution in [2.75, 3.05) is 5.75 Å². The summed E-state index contributed by atoms with van der Waals surface area (Å²) < 4.78 is 0. The summed E-state index contributed by atoms with van der Waals surface area (Å²) in [6, 6.07) is 1.05. The Morgan fingerprint density at radius 3 is 2.87 bits per heavy atom. The topological polar surface area (TPSA) is 24.4 Å². The summed E-state index contributed by atoms with van der Waals surface area (Å²) in [4.78, 5) is 4.68. The molecule has 1 rings (SSSR count). The highest BCUT2D eigenvalue weighted by Crippen LogP contribution is 2.21. The van der Waals surface area contributed by atoms with Crippen LogP contribution in [-0.4, -0.2) is 23.0 Å². The van der Waals surface area contributed by atoms with Crippen molar-refractivity contribution in [3.8, 4) is 0 Å². The van der Waals surface area contributed by atoms with Crippen LogP contribution in [0.1, 0.15) is 47.0 Å². The van der Waals surface area contributed by atoms with E-state index in [-0.39, 0.29) is 0 Å². The van der Waals surface area contributed by atoms with Gasteiger partial charge in [0, 0.05) is 11.8 Å². The molecule has 1 N–H and O–H groups in total. The third-order valence-corrected chi connectivity index (χ3v) is 4.18. The summed E-state index contributed by atoms with van der Waals surface area (Å²) in [7, 11) is 0. The molecule has 0 bridgehead atoms. The molecule has 1 heterocycles. The van der Waals surface area contributed by atoms with E-state index in [1.807, 2.05) is 11.8 Å². The van der Waals surface area contributed by atoms with Crippen molar-refractivity contribution in [1.82, 2.24) is 5.32 Å². The average molecular weight is 228 g/mol. The van der Waals surface area contributed by atoms with Crippen LogP contribution in [0, 0.1) is 5.92 Å². The third kappa shape index (κ3) is 4.45. The van der Waals surface area contributed by atoms with Crippen LogP contribution in [0.4, 0.5) is 0 Å². The highest BCUT2D eigenvalue weighted by atomic mass is 32.2. The lowest BCUT2D eigenvalue weighted by molar-refractivity contribution is 0.525. The predicted octanol–water partition coefficient (Wildman–Crippen LogP) is 3.28. The number of nitrogens with zero attached hydrogens (tertiary/aromatic N) is 1. The van der Waals surface area contributed by atoms with Gasteiger partial charge in [0.25, 0.3) is 0 Å². The standard InChI is InChI=1S/C12H24N2S/c1-5-6-7-10(3)13-12-14-11(4)9(2)8-15-12/h9-11H,5-8H2,1-4H3,(H,13,14). The molecule has 3 unspecified atom stereocenters. The fraction of sp³-hybridized carbons (Fsp3) is 0.917. The van der Waals surface area contributed by atoms with Gasteiger partial charge in [0.2, 0.25) is 0 Å². The van der Waals surface area contributed by atoms with Crippen LogP contribution in [0.5, 0.6) is 0 Å². The molecule has 0 aliphatic carbocycles. The molecule has 0 amide bonds. The summed E-state index contributed by atoms with van der Waals surface area (Å²) >= 11 is 1.88. The van der Waals surface area contributed by atoms with Crippen LogP contribution < -0.4 is 5.32 Å². The zero-order valence-corrected chi connectivity index (χ0v) is 11.2. The lowest BCUT2D eigenvalue weighted by Gasteiger charge is -2.25. The van der Waals surface area contributed by atoms with Crippen LogP contribution in [0.2, 0.25) is 0 Å². The van der Waals surface area contributed by atoms with Crippen LogP contribution in [0.3, 0.4) is 0 Å². The van der Waals surface area contributed by atoms with Crippen molar-refractivity contribution >= 4 is 16.9 Å². The zero-order chi connectivity index (χ0) is 11.3. The van der Waals surface area contributed by atoms with E-state index in [2.05, 4.69) is 38.0 Å². The molecule has 15 heavy (non-hydrogen) atoms. The second kappa shape index (κ2) is 6.41. The molecular weight excluding hydrogens is 204 g/mol. The summed E-state index contributed by atoms with van der Waals surface area (Å²) in [6.45, 7) is 8.98. The fourth-order valence-corrected chi connectivity index (χ4v) is 2.80. The molecule has 0 saturated heterocycles. The van der Waals surface area contributed by atoms with Crippen LogP contribution in [-0.2, 0) is 0 Å². The monoisotopic (exact) mass is 228 g/mol. The SMILES string of the molecule is CCCCC(C)NC1=NC(C)C(C)CS1. The van der Waals surface area contributed by atoms with Gasteiger partial charge < -0.3 is 5.32 Å². The number of amidine groups is 1. The predicted molar refractivity (Wildman–Crippen MR) is 70.6 cm³/mol. The van der Waals surface area contributed by atoms with E-state index in [9.17, 15) is 0 Å². The second-order valence-corrected chi connectivity index (χ2v) is 5.66. The van der Waals surface area contributed by atoms with Gasteiger partial charge in [0.1, 0.15) is 0 Å². The molecule has 1 aliphatic heterocycles. The lowest BCUT2D eigenvalue weighted by atomic mass is 10.1. The number of unbranched alkanes of at least 4 members (excludes halogenated alkanes) is 1. The number of rotatable bonds is 4. The molecule has 2 nitrogen and oxygen atoms in total. The molecule has 0 aromatic heterocycles. The maximum absolute atomic E-state index is 4.68. The maximum atomic E-state index is 4.68.